The quantitative estimate of drug-likeness (QED) is 0.710. The Morgan fingerprint density at radius 1 is 1.00 bits per heavy atom. The summed E-state index contributed by atoms with van der Waals surface area (Å²) in [6, 6.07) is 7.81. The van der Waals surface area contributed by atoms with Gasteiger partial charge in [-0.2, -0.15) is 0 Å². The number of hydrogen-bond donors (Lipinski definition) is 0. The van der Waals surface area contributed by atoms with Gasteiger partial charge in [-0.1, -0.05) is 0 Å². The molecule has 0 radical (unpaired) electrons. The molecule has 0 aliphatic carbocycles. The molecule has 0 amide bonds. The standard InChI is InChI=1S/C11H18O2Si/c1-5-12-10-6-8-11(9-7-10)13-14(2,3)4/h6-9H,5H2,1-4H3. The maximum atomic E-state index is 5.82. The molecule has 0 bridgehead atoms. The Hall–Kier alpha value is -0.963. The molecule has 0 saturated heterocycles. The van der Waals surface area contributed by atoms with E-state index in [2.05, 4.69) is 19.6 Å². The van der Waals surface area contributed by atoms with Crippen LogP contribution in [0.4, 0.5) is 0 Å². The first-order valence-electron chi connectivity index (χ1n) is 4.93. The van der Waals surface area contributed by atoms with Crippen LogP contribution in [-0.4, -0.2) is 14.9 Å². The van der Waals surface area contributed by atoms with E-state index in [1.54, 1.807) is 0 Å². The molecular formula is C11H18O2Si. The third-order valence-corrected chi connectivity index (χ3v) is 2.41. The second kappa shape index (κ2) is 4.51. The Balaban J connectivity index is 2.64. The number of ether oxygens (including phenoxy) is 1. The van der Waals surface area contributed by atoms with E-state index in [1.807, 2.05) is 31.2 Å². The zero-order valence-corrected chi connectivity index (χ0v) is 10.3. The van der Waals surface area contributed by atoms with Gasteiger partial charge in [-0.15, -0.1) is 0 Å². The second-order valence-electron chi connectivity index (χ2n) is 4.12. The molecule has 3 heteroatoms. The molecule has 2 nitrogen and oxygen atoms in total. The zero-order chi connectivity index (χ0) is 10.6. The van der Waals surface area contributed by atoms with Gasteiger partial charge in [-0.3, -0.25) is 0 Å². The summed E-state index contributed by atoms with van der Waals surface area (Å²) in [7, 11) is -1.47. The van der Waals surface area contributed by atoms with Crippen LogP contribution < -0.4 is 9.16 Å². The fourth-order valence-corrected chi connectivity index (χ4v) is 1.97. The first-order chi connectivity index (χ1) is 6.51. The van der Waals surface area contributed by atoms with Crippen molar-refractivity contribution in [2.24, 2.45) is 0 Å². The van der Waals surface area contributed by atoms with E-state index >= 15 is 0 Å². The van der Waals surface area contributed by atoms with Crippen LogP contribution in [0.3, 0.4) is 0 Å². The molecular weight excluding hydrogens is 192 g/mol. The van der Waals surface area contributed by atoms with Crippen LogP contribution >= 0.6 is 0 Å². The molecule has 0 aliphatic rings. The van der Waals surface area contributed by atoms with Crippen molar-refractivity contribution in [1.29, 1.82) is 0 Å². The maximum Gasteiger partial charge on any atom is 0.242 e. The van der Waals surface area contributed by atoms with E-state index in [9.17, 15) is 0 Å². The van der Waals surface area contributed by atoms with Crippen molar-refractivity contribution < 1.29 is 9.16 Å². The molecule has 14 heavy (non-hydrogen) atoms. The van der Waals surface area contributed by atoms with Crippen LogP contribution in [0.5, 0.6) is 11.5 Å². The highest BCUT2D eigenvalue weighted by Crippen LogP contribution is 2.20. The SMILES string of the molecule is CCOc1ccc(O[Si](C)(C)C)cc1. The number of rotatable bonds is 4. The largest absolute Gasteiger partial charge is 0.544 e. The fourth-order valence-electron chi connectivity index (χ4n) is 1.12. The van der Waals surface area contributed by atoms with Gasteiger partial charge in [0, 0.05) is 0 Å². The second-order valence-corrected chi connectivity index (χ2v) is 8.55. The van der Waals surface area contributed by atoms with Gasteiger partial charge in [0.05, 0.1) is 6.61 Å². The third-order valence-electron chi connectivity index (χ3n) is 1.56. The molecule has 78 valence electrons. The third kappa shape index (κ3) is 3.83. The summed E-state index contributed by atoms with van der Waals surface area (Å²) in [5.41, 5.74) is 0. The summed E-state index contributed by atoms with van der Waals surface area (Å²) >= 11 is 0. The molecule has 1 rings (SSSR count). The van der Waals surface area contributed by atoms with Crippen LogP contribution in [-0.2, 0) is 0 Å². The van der Waals surface area contributed by atoms with Crippen molar-refractivity contribution >= 4 is 8.32 Å². The summed E-state index contributed by atoms with van der Waals surface area (Å²) in [5, 5.41) is 0. The highest BCUT2D eigenvalue weighted by Gasteiger charge is 2.15. The Morgan fingerprint density at radius 2 is 1.50 bits per heavy atom. The minimum atomic E-state index is -1.47. The van der Waals surface area contributed by atoms with Crippen molar-refractivity contribution in [2.45, 2.75) is 26.6 Å². The molecule has 0 spiro atoms. The van der Waals surface area contributed by atoms with E-state index in [0.29, 0.717) is 6.61 Å². The number of hydrogen-bond acceptors (Lipinski definition) is 2. The van der Waals surface area contributed by atoms with E-state index in [0.717, 1.165) is 11.5 Å². The molecule has 0 unspecified atom stereocenters. The summed E-state index contributed by atoms with van der Waals surface area (Å²) in [6.07, 6.45) is 0. The topological polar surface area (TPSA) is 18.5 Å². The normalized spacial score (nSPS) is 11.1. The Labute approximate surface area is 87.0 Å². The van der Waals surface area contributed by atoms with Crippen molar-refractivity contribution in [3.8, 4) is 11.5 Å². The zero-order valence-electron chi connectivity index (χ0n) is 9.33. The van der Waals surface area contributed by atoms with E-state index in [1.165, 1.54) is 0 Å². The molecule has 1 aromatic carbocycles. The molecule has 0 saturated carbocycles. The molecule has 0 heterocycles. The summed E-state index contributed by atoms with van der Waals surface area (Å²) in [6.45, 7) is 9.19. The van der Waals surface area contributed by atoms with Gasteiger partial charge < -0.3 is 9.16 Å². The van der Waals surface area contributed by atoms with Crippen LogP contribution in [0.25, 0.3) is 0 Å². The van der Waals surface area contributed by atoms with Gasteiger partial charge >= 0.3 is 0 Å². The Bertz CT molecular complexity index is 274. The van der Waals surface area contributed by atoms with Crippen LogP contribution in [0.1, 0.15) is 6.92 Å². The lowest BCUT2D eigenvalue weighted by Gasteiger charge is -2.19. The summed E-state index contributed by atoms with van der Waals surface area (Å²) in [5.74, 6) is 1.84. The molecule has 0 atom stereocenters. The molecule has 0 fully saturated rings. The van der Waals surface area contributed by atoms with Gasteiger partial charge in [-0.25, -0.2) is 0 Å². The molecule has 0 aliphatic heterocycles. The van der Waals surface area contributed by atoms with Crippen LogP contribution in [0, 0.1) is 0 Å². The molecule has 1 aromatic rings. The fraction of sp³-hybridized carbons (Fsp3) is 0.455. The van der Waals surface area contributed by atoms with Gasteiger partial charge in [0.1, 0.15) is 11.5 Å². The minimum absolute atomic E-state index is 0.703. The van der Waals surface area contributed by atoms with Crippen LogP contribution in [0.2, 0.25) is 19.6 Å². The van der Waals surface area contributed by atoms with E-state index in [-0.39, 0.29) is 0 Å². The van der Waals surface area contributed by atoms with Crippen molar-refractivity contribution in [3.63, 3.8) is 0 Å². The summed E-state index contributed by atoms with van der Waals surface area (Å²) < 4.78 is 11.2. The molecule has 0 N–H and O–H groups in total. The maximum absolute atomic E-state index is 5.82. The van der Waals surface area contributed by atoms with Crippen LogP contribution in [0.15, 0.2) is 24.3 Å². The minimum Gasteiger partial charge on any atom is -0.544 e. The predicted molar refractivity (Wildman–Crippen MR) is 61.6 cm³/mol. The van der Waals surface area contributed by atoms with E-state index in [4.69, 9.17) is 9.16 Å². The predicted octanol–water partition coefficient (Wildman–Crippen LogP) is 3.30. The van der Waals surface area contributed by atoms with E-state index < -0.39 is 8.32 Å². The summed E-state index contributed by atoms with van der Waals surface area (Å²) in [4.78, 5) is 0. The van der Waals surface area contributed by atoms with Gasteiger partial charge in [0.25, 0.3) is 0 Å². The lowest BCUT2D eigenvalue weighted by molar-refractivity contribution is 0.340. The highest BCUT2D eigenvalue weighted by molar-refractivity contribution is 6.70. The lowest BCUT2D eigenvalue weighted by Crippen LogP contribution is -2.29. The number of benzene rings is 1. The first kappa shape index (κ1) is 11.1. The monoisotopic (exact) mass is 210 g/mol. The van der Waals surface area contributed by atoms with Gasteiger partial charge in [-0.05, 0) is 50.8 Å². The van der Waals surface area contributed by atoms with Gasteiger partial charge in [0.2, 0.25) is 8.32 Å². The van der Waals surface area contributed by atoms with Crippen molar-refractivity contribution in [3.05, 3.63) is 24.3 Å². The lowest BCUT2D eigenvalue weighted by atomic mass is 10.3. The van der Waals surface area contributed by atoms with Crippen molar-refractivity contribution in [1.82, 2.24) is 0 Å². The van der Waals surface area contributed by atoms with Gasteiger partial charge in [0.15, 0.2) is 0 Å². The molecule has 0 aromatic heterocycles. The smallest absolute Gasteiger partial charge is 0.242 e. The van der Waals surface area contributed by atoms with Crippen molar-refractivity contribution in [2.75, 3.05) is 6.61 Å². The average Bonchev–Trinajstić information content (AvgIpc) is 2.06. The Morgan fingerprint density at radius 3 is 1.93 bits per heavy atom. The highest BCUT2D eigenvalue weighted by atomic mass is 28.4. The first-order valence-corrected chi connectivity index (χ1v) is 8.34. The Kier molecular flexibility index (Phi) is 3.58. The average molecular weight is 210 g/mol.